The van der Waals surface area contributed by atoms with Crippen molar-refractivity contribution in [2.24, 2.45) is 0 Å². The van der Waals surface area contributed by atoms with Crippen molar-refractivity contribution in [2.45, 2.75) is 11.4 Å². The fraction of sp³-hybridized carbons (Fsp3) is 0.188. The Bertz CT molecular complexity index is 681. The first kappa shape index (κ1) is 16.8. The van der Waals surface area contributed by atoms with E-state index in [1.54, 1.807) is 24.1 Å². The highest BCUT2D eigenvalue weighted by molar-refractivity contribution is 8.00. The second-order valence-electron chi connectivity index (χ2n) is 4.74. The van der Waals surface area contributed by atoms with Crippen molar-refractivity contribution < 1.29 is 13.6 Å². The van der Waals surface area contributed by atoms with Gasteiger partial charge in [-0.15, -0.1) is 11.8 Å². The standard InChI is InChI=1S/C16H14ClF2NOS/c1-20(9-11-3-2-4-12(17)7-11)16(21)10-22-15-6-5-13(18)8-14(15)19/h2-8H,9-10H2,1H3. The summed E-state index contributed by atoms with van der Waals surface area (Å²) in [5.41, 5.74) is 0.918. The zero-order valence-electron chi connectivity index (χ0n) is 11.9. The smallest absolute Gasteiger partial charge is 0.232 e. The number of hydrogen-bond acceptors (Lipinski definition) is 2. The first-order chi connectivity index (χ1) is 10.5. The molecule has 0 heterocycles. The largest absolute Gasteiger partial charge is 0.341 e. The molecule has 0 atom stereocenters. The molecule has 2 nitrogen and oxygen atoms in total. The third kappa shape index (κ3) is 4.71. The van der Waals surface area contributed by atoms with Crippen molar-refractivity contribution in [1.29, 1.82) is 0 Å². The molecular weight excluding hydrogens is 328 g/mol. The van der Waals surface area contributed by atoms with Crippen LogP contribution >= 0.6 is 23.4 Å². The first-order valence-corrected chi connectivity index (χ1v) is 7.88. The number of carbonyl (C=O) groups is 1. The minimum absolute atomic E-state index is 0.0830. The summed E-state index contributed by atoms with van der Waals surface area (Å²) in [5.74, 6) is -1.35. The van der Waals surface area contributed by atoms with Crippen LogP contribution in [0.5, 0.6) is 0 Å². The summed E-state index contributed by atoms with van der Waals surface area (Å²) < 4.78 is 26.3. The van der Waals surface area contributed by atoms with Gasteiger partial charge in [-0.25, -0.2) is 8.78 Å². The summed E-state index contributed by atoms with van der Waals surface area (Å²) in [6.45, 7) is 0.422. The molecule has 0 aromatic heterocycles. The Morgan fingerprint density at radius 2 is 2.00 bits per heavy atom. The summed E-state index contributed by atoms with van der Waals surface area (Å²) in [4.78, 5) is 13.9. The fourth-order valence-corrected chi connectivity index (χ4v) is 2.91. The maximum Gasteiger partial charge on any atom is 0.232 e. The average molecular weight is 342 g/mol. The fourth-order valence-electron chi connectivity index (χ4n) is 1.84. The van der Waals surface area contributed by atoms with E-state index in [1.807, 2.05) is 12.1 Å². The summed E-state index contributed by atoms with van der Waals surface area (Å²) >= 11 is 6.95. The molecule has 2 aromatic rings. The van der Waals surface area contributed by atoms with Crippen LogP contribution < -0.4 is 0 Å². The predicted octanol–water partition coefficient (Wildman–Crippen LogP) is 4.37. The van der Waals surface area contributed by atoms with Crippen molar-refractivity contribution in [3.63, 3.8) is 0 Å². The van der Waals surface area contributed by atoms with Gasteiger partial charge in [-0.3, -0.25) is 4.79 Å². The van der Waals surface area contributed by atoms with Gasteiger partial charge in [0.05, 0.1) is 5.75 Å². The molecule has 0 aliphatic heterocycles. The molecule has 0 saturated heterocycles. The lowest BCUT2D eigenvalue weighted by molar-refractivity contribution is -0.127. The van der Waals surface area contributed by atoms with Gasteiger partial charge in [0, 0.05) is 29.6 Å². The molecule has 0 radical (unpaired) electrons. The van der Waals surface area contributed by atoms with E-state index >= 15 is 0 Å². The van der Waals surface area contributed by atoms with Crippen molar-refractivity contribution in [3.05, 3.63) is 64.7 Å². The average Bonchev–Trinajstić information content (AvgIpc) is 2.46. The van der Waals surface area contributed by atoms with Crippen LogP contribution in [0.4, 0.5) is 8.78 Å². The molecular formula is C16H14ClF2NOS. The first-order valence-electron chi connectivity index (χ1n) is 6.52. The summed E-state index contributed by atoms with van der Waals surface area (Å²) in [6.07, 6.45) is 0. The molecule has 0 N–H and O–H groups in total. The molecule has 2 rings (SSSR count). The lowest BCUT2D eigenvalue weighted by Crippen LogP contribution is -2.27. The van der Waals surface area contributed by atoms with Gasteiger partial charge in [-0.2, -0.15) is 0 Å². The molecule has 0 aliphatic carbocycles. The van der Waals surface area contributed by atoms with Crippen molar-refractivity contribution in [2.75, 3.05) is 12.8 Å². The van der Waals surface area contributed by atoms with Crippen molar-refractivity contribution >= 4 is 29.3 Å². The molecule has 0 fully saturated rings. The van der Waals surface area contributed by atoms with Crippen LogP contribution in [0.2, 0.25) is 5.02 Å². The summed E-state index contributed by atoms with van der Waals surface area (Å²) in [6, 6.07) is 10.6. The topological polar surface area (TPSA) is 20.3 Å². The highest BCUT2D eigenvalue weighted by atomic mass is 35.5. The molecule has 0 aliphatic rings. The van der Waals surface area contributed by atoms with Crippen LogP contribution in [0.25, 0.3) is 0 Å². The third-order valence-corrected chi connectivity index (χ3v) is 4.25. The van der Waals surface area contributed by atoms with Crippen molar-refractivity contribution in [1.82, 2.24) is 4.90 Å². The molecule has 0 spiro atoms. The van der Waals surface area contributed by atoms with Crippen molar-refractivity contribution in [3.8, 4) is 0 Å². The Labute approximate surface area is 137 Å². The van der Waals surface area contributed by atoms with E-state index in [-0.39, 0.29) is 16.6 Å². The van der Waals surface area contributed by atoms with Crippen LogP contribution in [0.3, 0.4) is 0 Å². The Morgan fingerprint density at radius 3 is 2.68 bits per heavy atom. The molecule has 116 valence electrons. The maximum absolute atomic E-state index is 13.5. The molecule has 1 amide bonds. The number of halogens is 3. The molecule has 0 unspecified atom stereocenters. The van der Waals surface area contributed by atoms with Crippen LogP contribution in [0.15, 0.2) is 47.4 Å². The third-order valence-electron chi connectivity index (χ3n) is 2.98. The van der Waals surface area contributed by atoms with Gasteiger partial charge in [0.2, 0.25) is 5.91 Å². The Kier molecular flexibility index (Phi) is 5.80. The molecule has 6 heteroatoms. The summed E-state index contributed by atoms with van der Waals surface area (Å²) in [5, 5.41) is 0.612. The number of carbonyl (C=O) groups excluding carboxylic acids is 1. The number of amides is 1. The van der Waals surface area contributed by atoms with Crippen LogP contribution in [0, 0.1) is 11.6 Å². The number of thioether (sulfide) groups is 1. The van der Waals surface area contributed by atoms with Gasteiger partial charge in [0.15, 0.2) is 0 Å². The number of hydrogen-bond donors (Lipinski definition) is 0. The van der Waals surface area contributed by atoms with Crippen LogP contribution in [-0.4, -0.2) is 23.6 Å². The minimum Gasteiger partial charge on any atom is -0.341 e. The second kappa shape index (κ2) is 7.61. The monoisotopic (exact) mass is 341 g/mol. The van der Waals surface area contributed by atoms with E-state index in [4.69, 9.17) is 11.6 Å². The highest BCUT2D eigenvalue weighted by Gasteiger charge is 2.12. The van der Waals surface area contributed by atoms with Gasteiger partial charge in [-0.05, 0) is 29.8 Å². The Hall–Kier alpha value is -1.59. The Morgan fingerprint density at radius 1 is 1.23 bits per heavy atom. The normalized spacial score (nSPS) is 10.5. The van der Waals surface area contributed by atoms with Gasteiger partial charge in [0.1, 0.15) is 11.6 Å². The van der Waals surface area contributed by atoms with E-state index in [0.29, 0.717) is 11.6 Å². The lowest BCUT2D eigenvalue weighted by atomic mass is 10.2. The second-order valence-corrected chi connectivity index (χ2v) is 6.20. The SMILES string of the molecule is CN(Cc1cccc(Cl)c1)C(=O)CSc1ccc(F)cc1F. The number of nitrogens with zero attached hydrogens (tertiary/aromatic N) is 1. The number of rotatable bonds is 5. The van der Waals surface area contributed by atoms with Gasteiger partial charge in [-0.1, -0.05) is 23.7 Å². The maximum atomic E-state index is 13.5. The van der Waals surface area contributed by atoms with Gasteiger partial charge in [0.25, 0.3) is 0 Å². The molecule has 0 bridgehead atoms. The zero-order valence-corrected chi connectivity index (χ0v) is 13.4. The van der Waals surface area contributed by atoms with Crippen LogP contribution in [0.1, 0.15) is 5.56 Å². The molecule has 22 heavy (non-hydrogen) atoms. The lowest BCUT2D eigenvalue weighted by Gasteiger charge is -2.17. The predicted molar refractivity (Wildman–Crippen MR) is 85.0 cm³/mol. The minimum atomic E-state index is -0.657. The van der Waals surface area contributed by atoms with Crippen LogP contribution in [-0.2, 0) is 11.3 Å². The van der Waals surface area contributed by atoms with E-state index in [9.17, 15) is 13.6 Å². The quantitative estimate of drug-likeness (QED) is 0.753. The van der Waals surface area contributed by atoms with Gasteiger partial charge >= 0.3 is 0 Å². The Balaban J connectivity index is 1.91. The van der Waals surface area contributed by atoms with E-state index in [2.05, 4.69) is 0 Å². The molecule has 2 aromatic carbocycles. The van der Waals surface area contributed by atoms with E-state index in [1.165, 1.54) is 12.1 Å². The molecule has 0 saturated carbocycles. The number of benzene rings is 2. The summed E-state index contributed by atoms with van der Waals surface area (Å²) in [7, 11) is 1.67. The zero-order chi connectivity index (χ0) is 16.1. The van der Waals surface area contributed by atoms with E-state index < -0.39 is 11.6 Å². The van der Waals surface area contributed by atoms with Gasteiger partial charge < -0.3 is 4.90 Å². The highest BCUT2D eigenvalue weighted by Crippen LogP contribution is 2.22. The van der Waals surface area contributed by atoms with E-state index in [0.717, 1.165) is 23.4 Å².